The molecule has 4 rings (SSSR count). The molecule has 2 aliphatic carbocycles. The van der Waals surface area contributed by atoms with Gasteiger partial charge in [-0.1, -0.05) is 48.6 Å². The second-order valence-corrected chi connectivity index (χ2v) is 5.43. The number of allylic oxidation sites excluding steroid dienone is 5. The average Bonchev–Trinajstić information content (AvgIpc) is 2.85. The smallest absolute Gasteiger partial charge is 0.0702 e. The van der Waals surface area contributed by atoms with Gasteiger partial charge in [0.15, 0.2) is 0 Å². The maximum Gasteiger partial charge on any atom is 0.0702 e. The number of rotatable bonds is 1. The zero-order chi connectivity index (χ0) is 13.5. The van der Waals surface area contributed by atoms with Crippen molar-refractivity contribution >= 4 is 6.08 Å². The van der Waals surface area contributed by atoms with Crippen LogP contribution in [0.1, 0.15) is 22.6 Å². The molecule has 1 aromatic heterocycles. The average molecular weight is 257 g/mol. The van der Waals surface area contributed by atoms with Crippen LogP contribution in [0.2, 0.25) is 0 Å². The summed E-state index contributed by atoms with van der Waals surface area (Å²) in [6.45, 7) is 2.06. The van der Waals surface area contributed by atoms with E-state index in [0.717, 1.165) is 5.69 Å². The van der Waals surface area contributed by atoms with Crippen LogP contribution < -0.4 is 0 Å². The molecule has 2 aliphatic rings. The fourth-order valence-electron chi connectivity index (χ4n) is 2.94. The van der Waals surface area contributed by atoms with Gasteiger partial charge in [0.25, 0.3) is 0 Å². The van der Waals surface area contributed by atoms with E-state index in [1.165, 1.54) is 27.8 Å². The predicted molar refractivity (Wildman–Crippen MR) is 83.4 cm³/mol. The number of aromatic nitrogens is 1. The SMILES string of the molecule is Cc1ccc(-c2ccc3c(c2)C=C2C=CC=CC23)nc1. The monoisotopic (exact) mass is 257 g/mol. The third-order valence-corrected chi connectivity index (χ3v) is 4.01. The molecule has 0 fully saturated rings. The van der Waals surface area contributed by atoms with Gasteiger partial charge in [0.1, 0.15) is 0 Å². The Hall–Kier alpha value is -2.41. The minimum Gasteiger partial charge on any atom is -0.256 e. The lowest BCUT2D eigenvalue weighted by Gasteiger charge is -2.12. The zero-order valence-electron chi connectivity index (χ0n) is 11.4. The van der Waals surface area contributed by atoms with Crippen LogP contribution >= 0.6 is 0 Å². The first kappa shape index (κ1) is 11.4. The Balaban J connectivity index is 1.79. The first-order valence-corrected chi connectivity index (χ1v) is 6.95. The Kier molecular flexibility index (Phi) is 2.46. The van der Waals surface area contributed by atoms with E-state index in [1.54, 1.807) is 0 Å². The van der Waals surface area contributed by atoms with Crippen molar-refractivity contribution in [2.75, 3.05) is 0 Å². The van der Waals surface area contributed by atoms with Crippen LogP contribution in [-0.2, 0) is 0 Å². The Bertz CT molecular complexity index is 761. The van der Waals surface area contributed by atoms with E-state index in [1.807, 2.05) is 6.20 Å². The summed E-state index contributed by atoms with van der Waals surface area (Å²) in [5, 5.41) is 0. The van der Waals surface area contributed by atoms with Crippen LogP contribution in [-0.4, -0.2) is 4.98 Å². The van der Waals surface area contributed by atoms with E-state index in [-0.39, 0.29) is 0 Å². The maximum absolute atomic E-state index is 4.52. The topological polar surface area (TPSA) is 12.9 Å². The molecule has 0 aliphatic heterocycles. The Morgan fingerprint density at radius 1 is 1.05 bits per heavy atom. The second-order valence-electron chi connectivity index (χ2n) is 5.43. The first-order valence-electron chi connectivity index (χ1n) is 6.95. The highest BCUT2D eigenvalue weighted by Crippen LogP contribution is 2.40. The van der Waals surface area contributed by atoms with Crippen LogP contribution in [0.4, 0.5) is 0 Å². The molecule has 1 heteroatoms. The lowest BCUT2D eigenvalue weighted by molar-refractivity contribution is 1.05. The number of hydrogen-bond donors (Lipinski definition) is 0. The quantitative estimate of drug-likeness (QED) is 0.723. The molecule has 1 unspecified atom stereocenters. The van der Waals surface area contributed by atoms with Crippen molar-refractivity contribution in [1.82, 2.24) is 4.98 Å². The highest BCUT2D eigenvalue weighted by Gasteiger charge is 2.22. The molecule has 0 N–H and O–H groups in total. The predicted octanol–water partition coefficient (Wildman–Crippen LogP) is 4.66. The van der Waals surface area contributed by atoms with Crippen molar-refractivity contribution in [1.29, 1.82) is 0 Å². The molecule has 0 saturated carbocycles. The van der Waals surface area contributed by atoms with Gasteiger partial charge in [-0.3, -0.25) is 4.98 Å². The van der Waals surface area contributed by atoms with Crippen molar-refractivity contribution in [3.63, 3.8) is 0 Å². The number of benzene rings is 1. The Morgan fingerprint density at radius 2 is 2.00 bits per heavy atom. The van der Waals surface area contributed by atoms with Gasteiger partial charge in [-0.25, -0.2) is 0 Å². The molecule has 96 valence electrons. The van der Waals surface area contributed by atoms with Gasteiger partial charge >= 0.3 is 0 Å². The van der Waals surface area contributed by atoms with Crippen molar-refractivity contribution in [2.24, 2.45) is 0 Å². The lowest BCUT2D eigenvalue weighted by Crippen LogP contribution is -1.96. The summed E-state index contributed by atoms with van der Waals surface area (Å²) in [5.41, 5.74) is 7.53. The highest BCUT2D eigenvalue weighted by atomic mass is 14.7. The van der Waals surface area contributed by atoms with Gasteiger partial charge < -0.3 is 0 Å². The standard InChI is InChI=1S/C19H15N/c1-13-6-9-19(20-12-13)15-7-8-18-16(11-15)10-14-4-2-3-5-17(14)18/h2-12,17H,1H3. The largest absolute Gasteiger partial charge is 0.256 e. The van der Waals surface area contributed by atoms with Crippen molar-refractivity contribution < 1.29 is 0 Å². The molecule has 20 heavy (non-hydrogen) atoms. The molecule has 0 spiro atoms. The fourth-order valence-corrected chi connectivity index (χ4v) is 2.94. The van der Waals surface area contributed by atoms with Gasteiger partial charge in [0, 0.05) is 17.7 Å². The minimum absolute atomic E-state index is 0.440. The first-order chi connectivity index (χ1) is 9.81. The summed E-state index contributed by atoms with van der Waals surface area (Å²) >= 11 is 0. The highest BCUT2D eigenvalue weighted by molar-refractivity contribution is 5.76. The van der Waals surface area contributed by atoms with Gasteiger partial charge in [-0.2, -0.15) is 0 Å². The van der Waals surface area contributed by atoms with E-state index in [4.69, 9.17) is 0 Å². The van der Waals surface area contributed by atoms with E-state index in [0.29, 0.717) is 5.92 Å². The van der Waals surface area contributed by atoms with Gasteiger partial charge in [-0.15, -0.1) is 0 Å². The van der Waals surface area contributed by atoms with E-state index >= 15 is 0 Å². The summed E-state index contributed by atoms with van der Waals surface area (Å²) in [7, 11) is 0. The van der Waals surface area contributed by atoms with Crippen LogP contribution in [0.25, 0.3) is 17.3 Å². The van der Waals surface area contributed by atoms with Gasteiger partial charge in [0.05, 0.1) is 5.69 Å². The van der Waals surface area contributed by atoms with Crippen LogP contribution in [0.5, 0.6) is 0 Å². The van der Waals surface area contributed by atoms with E-state index < -0.39 is 0 Å². The van der Waals surface area contributed by atoms with Gasteiger partial charge in [0.2, 0.25) is 0 Å². The molecule has 1 aromatic carbocycles. The summed E-state index contributed by atoms with van der Waals surface area (Å²) in [6.07, 6.45) is 12.9. The molecule has 0 radical (unpaired) electrons. The fraction of sp³-hybridized carbons (Fsp3) is 0.105. The molecule has 1 heterocycles. The number of hydrogen-bond acceptors (Lipinski definition) is 1. The summed E-state index contributed by atoms with van der Waals surface area (Å²) in [4.78, 5) is 4.52. The van der Waals surface area contributed by atoms with Crippen LogP contribution in [0.3, 0.4) is 0 Å². The molecule has 1 atom stereocenters. The maximum atomic E-state index is 4.52. The number of pyridine rings is 1. The summed E-state index contributed by atoms with van der Waals surface area (Å²) < 4.78 is 0. The van der Waals surface area contributed by atoms with Gasteiger partial charge in [-0.05, 0) is 41.3 Å². The third kappa shape index (κ3) is 1.75. The number of nitrogens with zero attached hydrogens (tertiary/aromatic N) is 1. The third-order valence-electron chi connectivity index (χ3n) is 4.01. The second kappa shape index (κ2) is 4.31. The molecule has 0 bridgehead atoms. The summed E-state index contributed by atoms with van der Waals surface area (Å²) in [5.74, 6) is 0.440. The molecule has 2 aromatic rings. The Labute approximate surface area is 119 Å². The minimum atomic E-state index is 0.440. The van der Waals surface area contributed by atoms with E-state index in [9.17, 15) is 0 Å². The lowest BCUT2D eigenvalue weighted by atomic mass is 9.92. The van der Waals surface area contributed by atoms with Crippen molar-refractivity contribution in [3.8, 4) is 11.3 Å². The van der Waals surface area contributed by atoms with E-state index in [2.05, 4.69) is 72.6 Å². The van der Waals surface area contributed by atoms with Crippen molar-refractivity contribution in [3.05, 3.63) is 83.1 Å². The Morgan fingerprint density at radius 3 is 2.85 bits per heavy atom. The zero-order valence-corrected chi connectivity index (χ0v) is 11.4. The van der Waals surface area contributed by atoms with Crippen LogP contribution in [0.15, 0.2) is 66.4 Å². The number of fused-ring (bicyclic) bond motifs is 3. The van der Waals surface area contributed by atoms with Crippen molar-refractivity contribution in [2.45, 2.75) is 12.8 Å². The number of aryl methyl sites for hydroxylation is 1. The molecular weight excluding hydrogens is 242 g/mol. The normalized spacial score (nSPS) is 18.6. The molecule has 0 amide bonds. The molecule has 1 nitrogen and oxygen atoms in total. The summed E-state index contributed by atoms with van der Waals surface area (Å²) in [6, 6.07) is 10.9. The molecule has 0 saturated heterocycles. The van der Waals surface area contributed by atoms with Crippen LogP contribution in [0, 0.1) is 6.92 Å². The molecular formula is C19H15N.